The van der Waals surface area contributed by atoms with Gasteiger partial charge in [0.25, 0.3) is 0 Å². The molecule has 0 aromatic rings. The van der Waals surface area contributed by atoms with Crippen LogP contribution in [0.2, 0.25) is 0 Å². The number of aliphatic hydroxyl groups is 2. The minimum atomic E-state index is -1.94. The third kappa shape index (κ3) is 4.39. The third-order valence-corrected chi connectivity index (χ3v) is 1.62. The van der Waals surface area contributed by atoms with Crippen LogP contribution in [-0.4, -0.2) is 44.6 Å². The molecular formula is C9H12O6. The molecule has 0 aliphatic carbocycles. The predicted molar refractivity (Wildman–Crippen MR) is 50.2 cm³/mol. The van der Waals surface area contributed by atoms with Crippen LogP contribution in [0.3, 0.4) is 0 Å². The van der Waals surface area contributed by atoms with Gasteiger partial charge in [-0.2, -0.15) is 0 Å². The van der Waals surface area contributed by atoms with Gasteiger partial charge in [0.1, 0.15) is 5.60 Å². The molecule has 0 heterocycles. The number of hydrogen-bond acceptors (Lipinski definition) is 4. The SMILES string of the molecule is CC(O)(C=CC(=O)O)C(=CCO)C(=O)O. The number of carbonyl (C=O) groups is 2. The molecule has 6 heteroatoms. The van der Waals surface area contributed by atoms with Gasteiger partial charge in [-0.1, -0.05) is 0 Å². The fourth-order valence-electron chi connectivity index (χ4n) is 0.925. The van der Waals surface area contributed by atoms with Crippen molar-refractivity contribution in [2.24, 2.45) is 0 Å². The number of aliphatic carboxylic acids is 2. The van der Waals surface area contributed by atoms with E-state index in [1.807, 2.05) is 0 Å². The molecule has 1 unspecified atom stereocenters. The van der Waals surface area contributed by atoms with E-state index in [9.17, 15) is 14.7 Å². The van der Waals surface area contributed by atoms with Gasteiger partial charge in [0.2, 0.25) is 0 Å². The monoisotopic (exact) mass is 216 g/mol. The van der Waals surface area contributed by atoms with Gasteiger partial charge >= 0.3 is 11.9 Å². The molecule has 0 aromatic carbocycles. The van der Waals surface area contributed by atoms with E-state index >= 15 is 0 Å². The van der Waals surface area contributed by atoms with E-state index in [4.69, 9.17) is 15.3 Å². The second-order valence-corrected chi connectivity index (χ2v) is 2.92. The Kier molecular flexibility index (Phi) is 4.69. The van der Waals surface area contributed by atoms with Crippen LogP contribution >= 0.6 is 0 Å². The molecule has 0 rings (SSSR count). The maximum atomic E-state index is 10.7. The Morgan fingerprint density at radius 1 is 1.33 bits per heavy atom. The van der Waals surface area contributed by atoms with Crippen LogP contribution in [0.25, 0.3) is 0 Å². The second kappa shape index (κ2) is 5.28. The molecule has 0 fully saturated rings. The lowest BCUT2D eigenvalue weighted by Gasteiger charge is -2.19. The maximum Gasteiger partial charge on any atom is 0.334 e. The Morgan fingerprint density at radius 3 is 2.20 bits per heavy atom. The van der Waals surface area contributed by atoms with Crippen LogP contribution in [0.1, 0.15) is 6.92 Å². The van der Waals surface area contributed by atoms with E-state index in [-0.39, 0.29) is 0 Å². The van der Waals surface area contributed by atoms with Crippen molar-refractivity contribution in [3.8, 4) is 0 Å². The van der Waals surface area contributed by atoms with E-state index in [0.29, 0.717) is 6.08 Å². The van der Waals surface area contributed by atoms with Crippen molar-refractivity contribution >= 4 is 11.9 Å². The number of rotatable bonds is 5. The van der Waals surface area contributed by atoms with Gasteiger partial charge in [-0.15, -0.1) is 0 Å². The Bertz CT molecular complexity index is 313. The molecule has 0 radical (unpaired) electrons. The van der Waals surface area contributed by atoms with Crippen LogP contribution in [-0.2, 0) is 9.59 Å². The van der Waals surface area contributed by atoms with Gasteiger partial charge in [-0.3, -0.25) is 0 Å². The van der Waals surface area contributed by atoms with E-state index in [0.717, 1.165) is 19.1 Å². The first-order valence-electron chi connectivity index (χ1n) is 4.00. The minimum Gasteiger partial charge on any atom is -0.478 e. The molecule has 15 heavy (non-hydrogen) atoms. The highest BCUT2D eigenvalue weighted by Crippen LogP contribution is 2.18. The molecule has 0 saturated heterocycles. The zero-order valence-corrected chi connectivity index (χ0v) is 8.04. The first kappa shape index (κ1) is 13.3. The first-order chi connectivity index (χ1) is 6.81. The summed E-state index contributed by atoms with van der Waals surface area (Å²) < 4.78 is 0. The molecular weight excluding hydrogens is 204 g/mol. The van der Waals surface area contributed by atoms with Crippen molar-refractivity contribution in [1.82, 2.24) is 0 Å². The van der Waals surface area contributed by atoms with E-state index in [1.54, 1.807) is 0 Å². The van der Waals surface area contributed by atoms with Gasteiger partial charge in [0, 0.05) is 6.08 Å². The standard InChI is InChI=1S/C9H12O6/c1-9(15,4-2-7(11)12)6(3-5-10)8(13)14/h2-4,10,15H,5H2,1H3,(H,11,12)(H,13,14). The van der Waals surface area contributed by atoms with Gasteiger partial charge in [-0.25, -0.2) is 9.59 Å². The second-order valence-electron chi connectivity index (χ2n) is 2.92. The molecule has 6 nitrogen and oxygen atoms in total. The third-order valence-electron chi connectivity index (χ3n) is 1.62. The van der Waals surface area contributed by atoms with Gasteiger partial charge in [0.05, 0.1) is 12.2 Å². The van der Waals surface area contributed by atoms with Crippen molar-refractivity contribution in [3.63, 3.8) is 0 Å². The summed E-state index contributed by atoms with van der Waals surface area (Å²) in [5.74, 6) is -2.73. The summed E-state index contributed by atoms with van der Waals surface area (Å²) >= 11 is 0. The quantitative estimate of drug-likeness (QED) is 0.455. The van der Waals surface area contributed by atoms with Crippen LogP contribution < -0.4 is 0 Å². The van der Waals surface area contributed by atoms with Crippen LogP contribution in [0, 0.1) is 0 Å². The van der Waals surface area contributed by atoms with E-state index in [2.05, 4.69) is 0 Å². The van der Waals surface area contributed by atoms with Crippen molar-refractivity contribution < 1.29 is 30.0 Å². The molecule has 0 bridgehead atoms. The predicted octanol–water partition coefficient (Wildman–Crippen LogP) is -0.619. The molecule has 0 aromatic heterocycles. The van der Waals surface area contributed by atoms with Crippen LogP contribution in [0.4, 0.5) is 0 Å². The highest BCUT2D eigenvalue weighted by Gasteiger charge is 2.28. The fourth-order valence-corrected chi connectivity index (χ4v) is 0.925. The summed E-state index contributed by atoms with van der Waals surface area (Å²) in [7, 11) is 0. The molecule has 0 amide bonds. The normalized spacial score (nSPS) is 16.3. The zero-order valence-electron chi connectivity index (χ0n) is 8.04. The molecule has 0 spiro atoms. The smallest absolute Gasteiger partial charge is 0.334 e. The minimum absolute atomic E-state index is 0.484. The molecule has 0 aliphatic rings. The molecule has 84 valence electrons. The van der Waals surface area contributed by atoms with Crippen molar-refractivity contribution in [1.29, 1.82) is 0 Å². The largest absolute Gasteiger partial charge is 0.478 e. The molecule has 4 N–H and O–H groups in total. The highest BCUT2D eigenvalue weighted by molar-refractivity contribution is 5.90. The fraction of sp³-hybridized carbons (Fsp3) is 0.333. The Hall–Kier alpha value is -1.66. The van der Waals surface area contributed by atoms with Crippen molar-refractivity contribution in [2.75, 3.05) is 6.61 Å². The summed E-state index contributed by atoms with van der Waals surface area (Å²) in [6, 6.07) is 0. The van der Waals surface area contributed by atoms with Crippen molar-refractivity contribution in [3.05, 3.63) is 23.8 Å². The number of carboxylic acid groups (broad SMARTS) is 2. The topological polar surface area (TPSA) is 115 Å². The van der Waals surface area contributed by atoms with E-state index in [1.165, 1.54) is 0 Å². The first-order valence-corrected chi connectivity index (χ1v) is 4.00. The van der Waals surface area contributed by atoms with Crippen molar-refractivity contribution in [2.45, 2.75) is 12.5 Å². The van der Waals surface area contributed by atoms with Crippen LogP contribution in [0.5, 0.6) is 0 Å². The number of aliphatic hydroxyl groups excluding tert-OH is 1. The molecule has 0 saturated carbocycles. The summed E-state index contributed by atoms with van der Waals surface area (Å²) in [5, 5.41) is 35.1. The Labute approximate surface area is 85.8 Å². The van der Waals surface area contributed by atoms with Crippen LogP contribution in [0.15, 0.2) is 23.8 Å². The summed E-state index contributed by atoms with van der Waals surface area (Å²) in [5.41, 5.74) is -2.42. The van der Waals surface area contributed by atoms with E-state index < -0.39 is 29.7 Å². The summed E-state index contributed by atoms with van der Waals surface area (Å²) in [6.45, 7) is 0.556. The molecule has 0 aliphatic heterocycles. The highest BCUT2D eigenvalue weighted by atomic mass is 16.4. The van der Waals surface area contributed by atoms with Gasteiger partial charge < -0.3 is 20.4 Å². The maximum absolute atomic E-state index is 10.7. The Balaban J connectivity index is 5.04. The summed E-state index contributed by atoms with van der Waals surface area (Å²) in [4.78, 5) is 20.8. The average Bonchev–Trinajstić information content (AvgIpc) is 2.10. The number of carboxylic acids is 2. The average molecular weight is 216 g/mol. The molecule has 1 atom stereocenters. The lowest BCUT2D eigenvalue weighted by atomic mass is 9.95. The zero-order chi connectivity index (χ0) is 12.1. The Morgan fingerprint density at radius 2 is 1.87 bits per heavy atom. The van der Waals surface area contributed by atoms with Gasteiger partial charge in [0.15, 0.2) is 0 Å². The number of hydrogen-bond donors (Lipinski definition) is 4. The summed E-state index contributed by atoms with van der Waals surface area (Å²) in [6.07, 6.45) is 2.35. The lowest BCUT2D eigenvalue weighted by molar-refractivity contribution is -0.135. The lowest BCUT2D eigenvalue weighted by Crippen LogP contribution is -2.29. The van der Waals surface area contributed by atoms with Gasteiger partial charge in [-0.05, 0) is 19.1 Å².